The highest BCUT2D eigenvalue weighted by Gasteiger charge is 2.10. The number of hydrogen-bond acceptors (Lipinski definition) is 5. The molecule has 0 fully saturated rings. The second-order valence-electron chi connectivity index (χ2n) is 4.12. The first-order chi connectivity index (χ1) is 8.18. The first-order valence-corrected chi connectivity index (χ1v) is 5.45. The average Bonchev–Trinajstić information content (AvgIpc) is 2.75. The molecule has 0 spiro atoms. The summed E-state index contributed by atoms with van der Waals surface area (Å²) in [4.78, 5) is 2.09. The lowest BCUT2D eigenvalue weighted by atomic mass is 10.2. The molecule has 0 aliphatic rings. The number of likely N-dealkylation sites (N-methyl/N-ethyl adjacent to an activating group) is 1. The summed E-state index contributed by atoms with van der Waals surface area (Å²) in [6, 6.07) is 7.56. The predicted octanol–water partition coefficient (Wildman–Crippen LogP) is 0.349. The standard InChI is InChI=1S/C11H16N6/c1-16(2)8-7-11-13-14-15-17(11)10-6-4-3-5-9(10)12/h3-6H,7-8,12H2,1-2H3. The molecule has 0 aliphatic carbocycles. The van der Waals surface area contributed by atoms with Crippen molar-refractivity contribution < 1.29 is 0 Å². The third-order valence-corrected chi connectivity index (χ3v) is 2.48. The molecule has 0 bridgehead atoms. The van der Waals surface area contributed by atoms with E-state index in [0.717, 1.165) is 24.5 Å². The van der Waals surface area contributed by atoms with Crippen molar-refractivity contribution in [1.29, 1.82) is 0 Å². The van der Waals surface area contributed by atoms with Crippen LogP contribution in [0.15, 0.2) is 24.3 Å². The van der Waals surface area contributed by atoms with Crippen molar-refractivity contribution in [1.82, 2.24) is 25.1 Å². The highest BCUT2D eigenvalue weighted by molar-refractivity contribution is 5.56. The fourth-order valence-corrected chi connectivity index (χ4v) is 1.55. The minimum atomic E-state index is 0.672. The molecular formula is C11H16N6. The minimum absolute atomic E-state index is 0.672. The quantitative estimate of drug-likeness (QED) is 0.770. The molecule has 0 amide bonds. The first kappa shape index (κ1) is 11.5. The van der Waals surface area contributed by atoms with E-state index in [9.17, 15) is 0 Å². The van der Waals surface area contributed by atoms with Crippen molar-refractivity contribution in [3.05, 3.63) is 30.1 Å². The SMILES string of the molecule is CN(C)CCc1nnnn1-c1ccccc1N. The van der Waals surface area contributed by atoms with Gasteiger partial charge >= 0.3 is 0 Å². The van der Waals surface area contributed by atoms with E-state index in [4.69, 9.17) is 5.73 Å². The molecule has 1 heterocycles. The molecule has 0 atom stereocenters. The van der Waals surface area contributed by atoms with E-state index >= 15 is 0 Å². The van der Waals surface area contributed by atoms with Gasteiger partial charge in [0, 0.05) is 13.0 Å². The molecule has 0 saturated heterocycles. The van der Waals surface area contributed by atoms with Crippen LogP contribution in [0.2, 0.25) is 0 Å². The van der Waals surface area contributed by atoms with Crippen LogP contribution in [0.25, 0.3) is 5.69 Å². The highest BCUT2D eigenvalue weighted by atomic mass is 15.5. The Hall–Kier alpha value is -1.95. The summed E-state index contributed by atoms with van der Waals surface area (Å²) in [5.74, 6) is 0.816. The van der Waals surface area contributed by atoms with Crippen LogP contribution in [-0.4, -0.2) is 45.7 Å². The minimum Gasteiger partial charge on any atom is -0.397 e. The van der Waals surface area contributed by atoms with E-state index in [-0.39, 0.29) is 0 Å². The zero-order valence-corrected chi connectivity index (χ0v) is 10.0. The van der Waals surface area contributed by atoms with E-state index in [1.54, 1.807) is 4.68 Å². The van der Waals surface area contributed by atoms with Crippen molar-refractivity contribution in [2.45, 2.75) is 6.42 Å². The number of tetrazole rings is 1. The number of nitrogen functional groups attached to an aromatic ring is 1. The Bertz CT molecular complexity index is 490. The van der Waals surface area contributed by atoms with Crippen LogP contribution in [0.1, 0.15) is 5.82 Å². The Balaban J connectivity index is 2.28. The molecule has 0 unspecified atom stereocenters. The lowest BCUT2D eigenvalue weighted by Gasteiger charge is -2.10. The molecule has 6 heteroatoms. The van der Waals surface area contributed by atoms with Crippen molar-refractivity contribution in [2.24, 2.45) is 0 Å². The van der Waals surface area contributed by atoms with Crippen molar-refractivity contribution in [3.8, 4) is 5.69 Å². The van der Waals surface area contributed by atoms with Gasteiger partial charge in [-0.3, -0.25) is 0 Å². The number of hydrogen-bond donors (Lipinski definition) is 1. The number of para-hydroxylation sites is 2. The van der Waals surface area contributed by atoms with E-state index in [2.05, 4.69) is 20.4 Å². The maximum atomic E-state index is 5.91. The second-order valence-corrected chi connectivity index (χ2v) is 4.12. The maximum absolute atomic E-state index is 5.91. The summed E-state index contributed by atoms with van der Waals surface area (Å²) < 4.78 is 1.69. The van der Waals surface area contributed by atoms with Gasteiger partial charge < -0.3 is 10.6 Å². The van der Waals surface area contributed by atoms with E-state index in [0.29, 0.717) is 5.69 Å². The average molecular weight is 232 g/mol. The topological polar surface area (TPSA) is 72.9 Å². The summed E-state index contributed by atoms with van der Waals surface area (Å²) in [6.45, 7) is 0.896. The largest absolute Gasteiger partial charge is 0.397 e. The normalized spacial score (nSPS) is 11.0. The Morgan fingerprint density at radius 1 is 1.29 bits per heavy atom. The highest BCUT2D eigenvalue weighted by Crippen LogP contribution is 2.16. The molecule has 0 saturated carbocycles. The van der Waals surface area contributed by atoms with Crippen LogP contribution in [0.3, 0.4) is 0 Å². The van der Waals surface area contributed by atoms with Crippen LogP contribution in [-0.2, 0) is 6.42 Å². The number of benzene rings is 1. The molecule has 0 radical (unpaired) electrons. The molecular weight excluding hydrogens is 216 g/mol. The van der Waals surface area contributed by atoms with E-state index < -0.39 is 0 Å². The summed E-state index contributed by atoms with van der Waals surface area (Å²) >= 11 is 0. The van der Waals surface area contributed by atoms with Crippen molar-refractivity contribution in [2.75, 3.05) is 26.4 Å². The Morgan fingerprint density at radius 3 is 2.76 bits per heavy atom. The number of anilines is 1. The second kappa shape index (κ2) is 4.92. The molecule has 2 aromatic rings. The van der Waals surface area contributed by atoms with Gasteiger partial charge in [-0.05, 0) is 36.7 Å². The number of nitrogens with zero attached hydrogens (tertiary/aromatic N) is 5. The third kappa shape index (κ3) is 2.59. The number of rotatable bonds is 4. The van der Waals surface area contributed by atoms with Crippen LogP contribution in [0.4, 0.5) is 5.69 Å². The molecule has 2 rings (SSSR count). The molecule has 6 nitrogen and oxygen atoms in total. The fourth-order valence-electron chi connectivity index (χ4n) is 1.55. The lowest BCUT2D eigenvalue weighted by Crippen LogP contribution is -2.17. The molecule has 17 heavy (non-hydrogen) atoms. The zero-order valence-electron chi connectivity index (χ0n) is 10.0. The third-order valence-electron chi connectivity index (χ3n) is 2.48. The lowest BCUT2D eigenvalue weighted by molar-refractivity contribution is 0.408. The van der Waals surface area contributed by atoms with Crippen LogP contribution >= 0.6 is 0 Å². The van der Waals surface area contributed by atoms with E-state index in [1.807, 2.05) is 38.4 Å². The van der Waals surface area contributed by atoms with Gasteiger partial charge in [-0.25, -0.2) is 0 Å². The Kier molecular flexibility index (Phi) is 3.34. The van der Waals surface area contributed by atoms with Crippen LogP contribution in [0.5, 0.6) is 0 Å². The molecule has 2 N–H and O–H groups in total. The monoisotopic (exact) mass is 232 g/mol. The Labute approximate surface area is 100 Å². The van der Waals surface area contributed by atoms with Crippen molar-refractivity contribution >= 4 is 5.69 Å². The van der Waals surface area contributed by atoms with Gasteiger partial charge in [-0.15, -0.1) is 5.10 Å². The molecule has 0 aliphatic heterocycles. The summed E-state index contributed by atoms with van der Waals surface area (Å²) in [6.07, 6.45) is 0.786. The molecule has 90 valence electrons. The maximum Gasteiger partial charge on any atom is 0.158 e. The summed E-state index contributed by atoms with van der Waals surface area (Å²) in [5, 5.41) is 11.7. The van der Waals surface area contributed by atoms with Gasteiger partial charge in [-0.2, -0.15) is 4.68 Å². The predicted molar refractivity (Wildman–Crippen MR) is 65.8 cm³/mol. The van der Waals surface area contributed by atoms with E-state index in [1.165, 1.54) is 0 Å². The Morgan fingerprint density at radius 2 is 2.06 bits per heavy atom. The van der Waals surface area contributed by atoms with Gasteiger partial charge in [-0.1, -0.05) is 12.1 Å². The molecule has 1 aromatic carbocycles. The molecule has 1 aromatic heterocycles. The summed E-state index contributed by atoms with van der Waals surface area (Å²) in [5.41, 5.74) is 7.41. The smallest absolute Gasteiger partial charge is 0.158 e. The van der Waals surface area contributed by atoms with Crippen LogP contribution < -0.4 is 5.73 Å². The van der Waals surface area contributed by atoms with Crippen molar-refractivity contribution in [3.63, 3.8) is 0 Å². The van der Waals surface area contributed by atoms with Gasteiger partial charge in [0.15, 0.2) is 5.82 Å². The summed E-state index contributed by atoms with van der Waals surface area (Å²) in [7, 11) is 4.04. The number of aromatic nitrogens is 4. The van der Waals surface area contributed by atoms with Gasteiger partial charge in [0.1, 0.15) is 0 Å². The number of nitrogens with two attached hydrogens (primary N) is 1. The van der Waals surface area contributed by atoms with Crippen LogP contribution in [0, 0.1) is 0 Å². The van der Waals surface area contributed by atoms with Gasteiger partial charge in [0.05, 0.1) is 11.4 Å². The zero-order chi connectivity index (χ0) is 12.3. The fraction of sp³-hybridized carbons (Fsp3) is 0.364. The first-order valence-electron chi connectivity index (χ1n) is 5.45. The van der Waals surface area contributed by atoms with Gasteiger partial charge in [0.25, 0.3) is 0 Å². The van der Waals surface area contributed by atoms with Gasteiger partial charge in [0.2, 0.25) is 0 Å².